The van der Waals surface area contributed by atoms with Crippen molar-refractivity contribution in [1.29, 1.82) is 0 Å². The largest absolute Gasteiger partial charge is 1.00 e. The Kier molecular flexibility index (Phi) is 7.69. The van der Waals surface area contributed by atoms with Gasteiger partial charge in [-0.05, 0) is 46.7 Å². The average molecular weight is 379 g/mol. The molecule has 86 valence electrons. The fraction of sp³-hybridized carbons (Fsp3) is 0.250. The van der Waals surface area contributed by atoms with Crippen LogP contribution in [0.3, 0.4) is 0 Å². The Morgan fingerprint density at radius 3 is 2.47 bits per heavy atom. The molecule has 0 unspecified atom stereocenters. The first-order valence-electron chi connectivity index (χ1n) is 4.38. The van der Waals surface area contributed by atoms with Crippen molar-refractivity contribution in [3.8, 4) is 0 Å². The number of rotatable bonds is 3. The first kappa shape index (κ1) is 17.8. The molecule has 17 heavy (non-hydrogen) atoms. The van der Waals surface area contributed by atoms with Crippen molar-refractivity contribution in [2.45, 2.75) is 13.2 Å². The molecule has 0 amide bonds. The molecule has 0 saturated carbocycles. The van der Waals surface area contributed by atoms with Crippen molar-refractivity contribution in [3.63, 3.8) is 0 Å². The summed E-state index contributed by atoms with van der Waals surface area (Å²) >= 11 is 1.92. The van der Waals surface area contributed by atoms with Crippen LogP contribution in [0.1, 0.15) is 11.1 Å². The summed E-state index contributed by atoms with van der Waals surface area (Å²) in [5, 5.41) is 3.31. The van der Waals surface area contributed by atoms with E-state index in [1.165, 1.54) is 6.07 Å². The van der Waals surface area contributed by atoms with E-state index in [-0.39, 0.29) is 62.6 Å². The molecule has 0 N–H and O–H groups in total. The topological polar surface area (TPSA) is 48.8 Å². The van der Waals surface area contributed by atoms with Crippen LogP contribution in [0.4, 0.5) is 18.6 Å². The molecule has 0 radical (unpaired) electrons. The fourth-order valence-corrected chi connectivity index (χ4v) is 1.96. The Labute approximate surface area is 153 Å². The molecule has 1 rings (SSSR count). The van der Waals surface area contributed by atoms with Gasteiger partial charge in [-0.2, -0.15) is 0 Å². The number of hydrogen-bond donors (Lipinski definition) is 0. The first-order chi connectivity index (χ1) is 7.33. The second kappa shape index (κ2) is 7.37. The zero-order valence-electron chi connectivity index (χ0n) is 9.29. The Morgan fingerprint density at radius 2 is 2.00 bits per heavy atom. The molecule has 0 heterocycles. The van der Waals surface area contributed by atoms with Gasteiger partial charge in [0.1, 0.15) is 0 Å². The van der Waals surface area contributed by atoms with E-state index in [2.05, 4.69) is 10.0 Å². The molecule has 0 atom stereocenters. The minimum Gasteiger partial charge on any atom is -0.449 e. The van der Waals surface area contributed by atoms with Crippen molar-refractivity contribution in [3.05, 3.63) is 37.3 Å². The van der Waals surface area contributed by atoms with Gasteiger partial charge in [-0.1, -0.05) is 23.1 Å². The van der Waals surface area contributed by atoms with E-state index in [0.717, 1.165) is 0 Å². The Balaban J connectivity index is 0.00000256. The van der Waals surface area contributed by atoms with Crippen LogP contribution in [0.2, 0.25) is 0 Å². The summed E-state index contributed by atoms with van der Waals surface area (Å²) in [6, 6.07) is 2.84. The molecule has 0 aliphatic carbocycles. The molecular weight excluding hydrogens is 372 g/mol. The van der Waals surface area contributed by atoms with E-state index >= 15 is 0 Å². The van der Waals surface area contributed by atoms with Crippen LogP contribution < -0.4 is 51.4 Å². The predicted molar refractivity (Wildman–Crippen MR) is 65.5 cm³/mol. The number of nitrogens with zero attached hydrogens (tertiary/aromatic N) is 3. The summed E-state index contributed by atoms with van der Waals surface area (Å²) in [6.07, 6.45) is -0.948. The van der Waals surface area contributed by atoms with Crippen molar-refractivity contribution < 1.29 is 64.3 Å². The summed E-state index contributed by atoms with van der Waals surface area (Å²) < 4.78 is 37.6. The van der Waals surface area contributed by atoms with Crippen LogP contribution in [0.25, 0.3) is 10.4 Å². The average Bonchev–Trinajstić information content (AvgIpc) is 2.11. The maximum atomic E-state index is 12.3. The Bertz CT molecular complexity index is 460. The quantitative estimate of drug-likeness (QED) is 0.251. The van der Waals surface area contributed by atoms with Crippen LogP contribution in [-0.4, -0.2) is 6.98 Å². The number of azide groups is 1. The van der Waals surface area contributed by atoms with Crippen LogP contribution in [-0.2, 0) is 6.32 Å². The smallest absolute Gasteiger partial charge is 0.449 e. The van der Waals surface area contributed by atoms with Gasteiger partial charge in [0.2, 0.25) is 0 Å². The maximum Gasteiger partial charge on any atom is 1.00 e. The Morgan fingerprint density at radius 1 is 1.41 bits per heavy atom. The molecule has 0 aromatic heterocycles. The summed E-state index contributed by atoms with van der Waals surface area (Å²) in [6.45, 7) is -3.26. The van der Waals surface area contributed by atoms with Crippen LogP contribution in [0.5, 0.6) is 0 Å². The molecule has 3 nitrogen and oxygen atoms in total. The number of benzene rings is 1. The van der Waals surface area contributed by atoms with Gasteiger partial charge in [-0.25, -0.2) is 0 Å². The molecule has 0 spiro atoms. The SMILES string of the molecule is Cc1c(I)cc(N=[N+]=[N-])cc1C[B-](F)(F)F.[K+]. The third-order valence-corrected chi connectivity index (χ3v) is 3.17. The molecule has 0 aliphatic rings. The summed E-state index contributed by atoms with van der Waals surface area (Å²) in [7, 11) is 0. The summed E-state index contributed by atoms with van der Waals surface area (Å²) in [5.74, 6) is 0. The predicted octanol–water partition coefficient (Wildman–Crippen LogP) is 1.47. The molecule has 0 bridgehead atoms. The number of hydrogen-bond acceptors (Lipinski definition) is 1. The van der Waals surface area contributed by atoms with Gasteiger partial charge in [0.15, 0.2) is 0 Å². The molecule has 1 aromatic carbocycles. The molecule has 0 aliphatic heterocycles. The van der Waals surface area contributed by atoms with Gasteiger partial charge in [0.05, 0.1) is 0 Å². The van der Waals surface area contributed by atoms with Crippen molar-refractivity contribution in [2.75, 3.05) is 0 Å². The second-order valence-corrected chi connectivity index (χ2v) is 4.48. The van der Waals surface area contributed by atoms with Crippen molar-refractivity contribution in [1.82, 2.24) is 0 Å². The standard InChI is InChI=1S/C8H7BF3IN3.K/c1-5-6(4-9(10,11)12)2-7(15-16-14)3-8(5)13;/h2-3H,4H2,1H3;/q-1;+1. The fourth-order valence-electron chi connectivity index (χ4n) is 1.29. The van der Waals surface area contributed by atoms with Crippen molar-refractivity contribution in [2.24, 2.45) is 5.11 Å². The second-order valence-electron chi connectivity index (χ2n) is 3.32. The van der Waals surface area contributed by atoms with Gasteiger partial charge in [0.25, 0.3) is 0 Å². The van der Waals surface area contributed by atoms with E-state index in [1.807, 2.05) is 22.6 Å². The van der Waals surface area contributed by atoms with E-state index in [4.69, 9.17) is 5.53 Å². The van der Waals surface area contributed by atoms with E-state index in [9.17, 15) is 12.9 Å². The third-order valence-electron chi connectivity index (χ3n) is 2.05. The van der Waals surface area contributed by atoms with Gasteiger partial charge >= 0.3 is 58.4 Å². The number of halogens is 4. The summed E-state index contributed by atoms with van der Waals surface area (Å²) in [5.41, 5.74) is 9.20. The molecular formula is C8H7BF3IKN3. The van der Waals surface area contributed by atoms with Gasteiger partial charge in [0, 0.05) is 14.2 Å². The zero-order chi connectivity index (χ0) is 12.3. The molecule has 0 fully saturated rings. The molecule has 1 aromatic rings. The van der Waals surface area contributed by atoms with Crippen LogP contribution in [0, 0.1) is 10.5 Å². The minimum absolute atomic E-state index is 0. The van der Waals surface area contributed by atoms with E-state index in [1.54, 1.807) is 13.0 Å². The van der Waals surface area contributed by atoms with Gasteiger partial charge in [-0.15, -0.1) is 0 Å². The Hall–Kier alpha value is 0.751. The third kappa shape index (κ3) is 5.95. The van der Waals surface area contributed by atoms with E-state index in [0.29, 0.717) is 9.13 Å². The molecule has 9 heteroatoms. The molecule has 0 saturated heterocycles. The van der Waals surface area contributed by atoms with Crippen molar-refractivity contribution >= 4 is 35.3 Å². The monoisotopic (exact) mass is 379 g/mol. The minimum atomic E-state index is -4.88. The maximum absolute atomic E-state index is 12.3. The zero-order valence-corrected chi connectivity index (χ0v) is 14.6. The van der Waals surface area contributed by atoms with Gasteiger partial charge < -0.3 is 12.9 Å². The first-order valence-corrected chi connectivity index (χ1v) is 5.46. The van der Waals surface area contributed by atoms with Gasteiger partial charge in [-0.3, -0.25) is 0 Å². The van der Waals surface area contributed by atoms with Crippen LogP contribution >= 0.6 is 22.6 Å². The normalized spacial score (nSPS) is 10.4. The summed E-state index contributed by atoms with van der Waals surface area (Å²) in [4.78, 5) is 2.56. The van der Waals surface area contributed by atoms with E-state index < -0.39 is 13.3 Å². The van der Waals surface area contributed by atoms with Crippen LogP contribution in [0.15, 0.2) is 17.2 Å².